The van der Waals surface area contributed by atoms with E-state index < -0.39 is 5.82 Å². The van der Waals surface area contributed by atoms with E-state index in [1.807, 2.05) is 13.0 Å². The van der Waals surface area contributed by atoms with Gasteiger partial charge in [0.25, 0.3) is 0 Å². The number of nitrogens with one attached hydrogen (secondary N) is 1. The molecular formula is C21H25ClFN3O. The Labute approximate surface area is 164 Å². The molecule has 27 heavy (non-hydrogen) atoms. The van der Waals surface area contributed by atoms with E-state index in [2.05, 4.69) is 39.4 Å². The third-order valence-corrected chi connectivity index (χ3v) is 5.22. The molecule has 0 aliphatic carbocycles. The highest BCUT2D eigenvalue weighted by molar-refractivity contribution is 6.30. The SMILES string of the molecule is CC(C(=O)Nc1ccc(Cl)cc1F)N1CCCN(Cc2ccccc2)CC1. The summed E-state index contributed by atoms with van der Waals surface area (Å²) < 4.78 is 13.9. The first-order valence-electron chi connectivity index (χ1n) is 9.29. The van der Waals surface area contributed by atoms with Gasteiger partial charge in [0.15, 0.2) is 0 Å². The fraction of sp³-hybridized carbons (Fsp3) is 0.381. The summed E-state index contributed by atoms with van der Waals surface area (Å²) in [5, 5.41) is 2.99. The predicted octanol–water partition coefficient (Wildman–Crippen LogP) is 4.01. The number of benzene rings is 2. The van der Waals surface area contributed by atoms with Gasteiger partial charge in [-0.1, -0.05) is 41.9 Å². The zero-order chi connectivity index (χ0) is 19.2. The van der Waals surface area contributed by atoms with E-state index in [-0.39, 0.29) is 17.6 Å². The molecule has 1 aliphatic heterocycles. The van der Waals surface area contributed by atoms with Crippen molar-refractivity contribution in [1.82, 2.24) is 9.80 Å². The Bertz CT molecular complexity index is 771. The molecule has 4 nitrogen and oxygen atoms in total. The first-order chi connectivity index (χ1) is 13.0. The molecule has 1 fully saturated rings. The lowest BCUT2D eigenvalue weighted by atomic mass is 10.2. The number of nitrogens with zero attached hydrogens (tertiary/aromatic N) is 2. The number of hydrogen-bond donors (Lipinski definition) is 1. The fourth-order valence-corrected chi connectivity index (χ4v) is 3.53. The lowest BCUT2D eigenvalue weighted by Crippen LogP contribution is -2.44. The summed E-state index contributed by atoms with van der Waals surface area (Å²) in [4.78, 5) is 17.1. The number of hydrogen-bond acceptors (Lipinski definition) is 3. The summed E-state index contributed by atoms with van der Waals surface area (Å²) in [5.74, 6) is -0.722. The van der Waals surface area contributed by atoms with Crippen molar-refractivity contribution in [2.75, 3.05) is 31.5 Å². The molecule has 0 saturated carbocycles. The molecule has 3 rings (SSSR count). The minimum Gasteiger partial charge on any atom is -0.322 e. The van der Waals surface area contributed by atoms with Crippen LogP contribution in [0, 0.1) is 5.82 Å². The van der Waals surface area contributed by atoms with Gasteiger partial charge in [-0.15, -0.1) is 0 Å². The average molecular weight is 390 g/mol. The highest BCUT2D eigenvalue weighted by Gasteiger charge is 2.24. The van der Waals surface area contributed by atoms with Crippen molar-refractivity contribution in [2.45, 2.75) is 25.9 Å². The van der Waals surface area contributed by atoms with Crippen LogP contribution in [0.5, 0.6) is 0 Å². The monoisotopic (exact) mass is 389 g/mol. The van der Waals surface area contributed by atoms with Gasteiger partial charge in [0.2, 0.25) is 5.91 Å². The van der Waals surface area contributed by atoms with Crippen molar-refractivity contribution in [1.29, 1.82) is 0 Å². The molecule has 0 spiro atoms. The van der Waals surface area contributed by atoms with Crippen LogP contribution in [-0.4, -0.2) is 47.9 Å². The number of carbonyl (C=O) groups is 1. The van der Waals surface area contributed by atoms with E-state index in [9.17, 15) is 9.18 Å². The van der Waals surface area contributed by atoms with Gasteiger partial charge >= 0.3 is 0 Å². The summed E-state index contributed by atoms with van der Waals surface area (Å²) in [6.07, 6.45) is 1.000. The van der Waals surface area contributed by atoms with Gasteiger partial charge in [-0.3, -0.25) is 14.6 Å². The normalized spacial score (nSPS) is 17.3. The van der Waals surface area contributed by atoms with Crippen LogP contribution in [0.25, 0.3) is 0 Å². The van der Waals surface area contributed by atoms with Gasteiger partial charge in [-0.05, 0) is 43.7 Å². The molecular weight excluding hydrogens is 365 g/mol. The third kappa shape index (κ3) is 5.51. The second-order valence-corrected chi connectivity index (χ2v) is 7.38. The van der Waals surface area contributed by atoms with Gasteiger partial charge in [0.05, 0.1) is 11.7 Å². The Morgan fingerprint density at radius 1 is 1.15 bits per heavy atom. The molecule has 1 heterocycles. The summed E-state index contributed by atoms with van der Waals surface area (Å²) in [6.45, 7) is 6.36. The highest BCUT2D eigenvalue weighted by Crippen LogP contribution is 2.20. The lowest BCUT2D eigenvalue weighted by Gasteiger charge is -2.27. The number of halogens is 2. The highest BCUT2D eigenvalue weighted by atomic mass is 35.5. The van der Waals surface area contributed by atoms with E-state index in [1.54, 1.807) is 6.07 Å². The van der Waals surface area contributed by atoms with E-state index in [0.29, 0.717) is 5.02 Å². The molecule has 1 N–H and O–H groups in total. The number of amides is 1. The van der Waals surface area contributed by atoms with Crippen LogP contribution in [-0.2, 0) is 11.3 Å². The maximum atomic E-state index is 13.9. The maximum absolute atomic E-state index is 13.9. The van der Waals surface area contributed by atoms with Gasteiger partial charge in [-0.25, -0.2) is 4.39 Å². The first-order valence-corrected chi connectivity index (χ1v) is 9.67. The van der Waals surface area contributed by atoms with Gasteiger partial charge in [0.1, 0.15) is 5.82 Å². The van der Waals surface area contributed by atoms with Crippen molar-refractivity contribution < 1.29 is 9.18 Å². The standard InChI is InChI=1S/C21H25ClFN3O/c1-16(21(27)24-20-9-8-18(22)14-19(20)23)26-11-5-10-25(12-13-26)15-17-6-3-2-4-7-17/h2-4,6-9,14,16H,5,10-13,15H2,1H3,(H,24,27). The van der Waals surface area contributed by atoms with Crippen LogP contribution in [0.3, 0.4) is 0 Å². The zero-order valence-electron chi connectivity index (χ0n) is 15.5. The first kappa shape index (κ1) is 19.8. The second-order valence-electron chi connectivity index (χ2n) is 6.94. The molecule has 1 amide bonds. The van der Waals surface area contributed by atoms with Crippen molar-refractivity contribution in [3.8, 4) is 0 Å². The average Bonchev–Trinajstić information content (AvgIpc) is 2.90. The second kappa shape index (κ2) is 9.31. The Kier molecular flexibility index (Phi) is 6.83. The minimum atomic E-state index is -0.520. The zero-order valence-corrected chi connectivity index (χ0v) is 16.3. The van der Waals surface area contributed by atoms with Crippen LogP contribution in [0.2, 0.25) is 5.02 Å². The molecule has 0 radical (unpaired) electrons. The van der Waals surface area contributed by atoms with Crippen LogP contribution < -0.4 is 5.32 Å². The topological polar surface area (TPSA) is 35.6 Å². The summed E-state index contributed by atoms with van der Waals surface area (Å²) in [5.41, 5.74) is 1.46. The molecule has 6 heteroatoms. The maximum Gasteiger partial charge on any atom is 0.241 e. The Morgan fingerprint density at radius 2 is 1.93 bits per heavy atom. The summed E-state index contributed by atoms with van der Waals surface area (Å²) in [6, 6.07) is 14.4. The minimum absolute atomic E-state index is 0.164. The molecule has 1 unspecified atom stereocenters. The van der Waals surface area contributed by atoms with Crippen LogP contribution in [0.15, 0.2) is 48.5 Å². The van der Waals surface area contributed by atoms with Gasteiger partial charge in [0, 0.05) is 31.2 Å². The van der Waals surface area contributed by atoms with E-state index in [1.165, 1.54) is 17.7 Å². The molecule has 2 aromatic rings. The van der Waals surface area contributed by atoms with Crippen molar-refractivity contribution in [3.63, 3.8) is 0 Å². The molecule has 144 valence electrons. The smallest absolute Gasteiger partial charge is 0.241 e. The molecule has 1 atom stereocenters. The van der Waals surface area contributed by atoms with Crippen molar-refractivity contribution in [2.24, 2.45) is 0 Å². The fourth-order valence-electron chi connectivity index (χ4n) is 3.37. The van der Waals surface area contributed by atoms with Crippen molar-refractivity contribution >= 4 is 23.2 Å². The Balaban J connectivity index is 1.55. The van der Waals surface area contributed by atoms with E-state index in [4.69, 9.17) is 11.6 Å². The number of anilines is 1. The van der Waals surface area contributed by atoms with Crippen LogP contribution in [0.4, 0.5) is 10.1 Å². The third-order valence-electron chi connectivity index (χ3n) is 4.99. The summed E-state index contributed by atoms with van der Waals surface area (Å²) in [7, 11) is 0. The molecule has 0 bridgehead atoms. The lowest BCUT2D eigenvalue weighted by molar-refractivity contribution is -0.120. The van der Waals surface area contributed by atoms with Crippen LogP contribution in [0.1, 0.15) is 18.9 Å². The largest absolute Gasteiger partial charge is 0.322 e. The van der Waals surface area contributed by atoms with Crippen LogP contribution >= 0.6 is 11.6 Å². The van der Waals surface area contributed by atoms with Gasteiger partial charge in [-0.2, -0.15) is 0 Å². The molecule has 1 aliphatic rings. The Morgan fingerprint density at radius 3 is 2.67 bits per heavy atom. The summed E-state index contributed by atoms with van der Waals surface area (Å²) >= 11 is 5.76. The van der Waals surface area contributed by atoms with E-state index in [0.717, 1.165) is 39.1 Å². The quantitative estimate of drug-likeness (QED) is 0.839. The molecule has 1 saturated heterocycles. The molecule has 2 aromatic carbocycles. The van der Waals surface area contributed by atoms with E-state index >= 15 is 0 Å². The number of carbonyl (C=O) groups excluding carboxylic acids is 1. The predicted molar refractivity (Wildman–Crippen MR) is 107 cm³/mol. The van der Waals surface area contributed by atoms with Gasteiger partial charge < -0.3 is 5.32 Å². The number of rotatable bonds is 5. The Hall–Kier alpha value is -1.95. The molecule has 0 aromatic heterocycles. The van der Waals surface area contributed by atoms with Crippen molar-refractivity contribution in [3.05, 3.63) is 64.9 Å².